The van der Waals surface area contributed by atoms with E-state index in [-0.39, 0.29) is 12.1 Å². The minimum atomic E-state index is -0.514. The van der Waals surface area contributed by atoms with Crippen molar-refractivity contribution in [3.05, 3.63) is 70.5 Å². The van der Waals surface area contributed by atoms with Crippen molar-refractivity contribution >= 4 is 17.5 Å². The zero-order chi connectivity index (χ0) is 19.2. The molecule has 5 nitrogen and oxygen atoms in total. The number of nitrogens with one attached hydrogen (secondary N) is 2. The van der Waals surface area contributed by atoms with Crippen LogP contribution in [0.5, 0.6) is 0 Å². The fourth-order valence-electron chi connectivity index (χ4n) is 3.10. The average molecular weight is 367 g/mol. The average Bonchev–Trinajstić information content (AvgIpc) is 2.69. The zero-order valence-corrected chi connectivity index (χ0v) is 15.2. The first-order valence-electron chi connectivity index (χ1n) is 9.02. The fraction of sp³-hybridized carbons (Fsp3) is 0.286. The summed E-state index contributed by atoms with van der Waals surface area (Å²) in [6.45, 7) is 1.59. The summed E-state index contributed by atoms with van der Waals surface area (Å²) >= 11 is 0. The molecule has 6 heteroatoms. The molecule has 2 amide bonds. The lowest BCUT2D eigenvalue weighted by molar-refractivity contribution is -0.120. The van der Waals surface area contributed by atoms with Gasteiger partial charge in [-0.25, -0.2) is 9.82 Å². The van der Waals surface area contributed by atoms with E-state index < -0.39 is 17.6 Å². The molecule has 27 heavy (non-hydrogen) atoms. The number of fused-ring (bicyclic) bond motifs is 1. The molecule has 0 spiro atoms. The Hall–Kier alpha value is -3.02. The Bertz CT molecular complexity index is 893. The van der Waals surface area contributed by atoms with Crippen LogP contribution < -0.4 is 10.7 Å². The standard InChI is InChI=1S/C21H22FN3O2/c1-14(16-10-9-15-5-2-3-6-17(15)11-16)24-25-20(26)13-23-21(27)18-7-4-8-19(22)12-18/h4,7-12H,2-3,5-6,13H2,1H3,(H,23,27)(H,25,26). The van der Waals surface area contributed by atoms with Crippen LogP contribution in [0.3, 0.4) is 0 Å². The summed E-state index contributed by atoms with van der Waals surface area (Å²) in [7, 11) is 0. The van der Waals surface area contributed by atoms with Crippen LogP contribution in [0.1, 0.15) is 46.8 Å². The van der Waals surface area contributed by atoms with Gasteiger partial charge in [0, 0.05) is 5.56 Å². The molecular formula is C21H22FN3O2. The third kappa shape index (κ3) is 5.00. The highest BCUT2D eigenvalue weighted by atomic mass is 19.1. The second-order valence-electron chi connectivity index (χ2n) is 6.62. The van der Waals surface area contributed by atoms with E-state index in [0.29, 0.717) is 5.71 Å². The van der Waals surface area contributed by atoms with E-state index in [1.165, 1.54) is 42.2 Å². The first-order chi connectivity index (χ1) is 13.0. The van der Waals surface area contributed by atoms with Crippen LogP contribution in [0.4, 0.5) is 4.39 Å². The van der Waals surface area contributed by atoms with Crippen molar-refractivity contribution in [1.82, 2.24) is 10.7 Å². The molecule has 0 aromatic heterocycles. The minimum absolute atomic E-state index is 0.163. The molecule has 2 aromatic carbocycles. The molecule has 0 aliphatic heterocycles. The first kappa shape index (κ1) is 18.8. The van der Waals surface area contributed by atoms with Gasteiger partial charge in [-0.15, -0.1) is 0 Å². The number of nitrogens with zero attached hydrogens (tertiary/aromatic N) is 1. The highest BCUT2D eigenvalue weighted by Gasteiger charge is 2.11. The predicted molar refractivity (Wildman–Crippen MR) is 102 cm³/mol. The van der Waals surface area contributed by atoms with Crippen LogP contribution in [0.25, 0.3) is 0 Å². The molecule has 0 radical (unpaired) electrons. The van der Waals surface area contributed by atoms with Crippen molar-refractivity contribution in [1.29, 1.82) is 0 Å². The summed E-state index contributed by atoms with van der Waals surface area (Å²) < 4.78 is 13.1. The number of hydrogen-bond acceptors (Lipinski definition) is 3. The largest absolute Gasteiger partial charge is 0.343 e. The summed E-state index contributed by atoms with van der Waals surface area (Å²) in [6, 6.07) is 11.6. The maximum Gasteiger partial charge on any atom is 0.259 e. The minimum Gasteiger partial charge on any atom is -0.343 e. The highest BCUT2D eigenvalue weighted by molar-refractivity contribution is 6.00. The summed E-state index contributed by atoms with van der Waals surface area (Å²) in [6.07, 6.45) is 4.63. The molecule has 0 saturated heterocycles. The zero-order valence-electron chi connectivity index (χ0n) is 15.2. The lowest BCUT2D eigenvalue weighted by Crippen LogP contribution is -2.35. The van der Waals surface area contributed by atoms with Crippen LogP contribution in [-0.4, -0.2) is 24.1 Å². The van der Waals surface area contributed by atoms with E-state index in [9.17, 15) is 14.0 Å². The number of rotatable bonds is 5. The van der Waals surface area contributed by atoms with Gasteiger partial charge in [0.15, 0.2) is 0 Å². The third-order valence-electron chi connectivity index (χ3n) is 4.61. The quantitative estimate of drug-likeness (QED) is 0.630. The van der Waals surface area contributed by atoms with Crippen LogP contribution in [0.2, 0.25) is 0 Å². The van der Waals surface area contributed by atoms with Crippen molar-refractivity contribution in [2.75, 3.05) is 6.54 Å². The summed E-state index contributed by atoms with van der Waals surface area (Å²) in [5, 5.41) is 6.56. The van der Waals surface area contributed by atoms with Gasteiger partial charge >= 0.3 is 0 Å². The Kier molecular flexibility index (Phi) is 5.96. The van der Waals surface area contributed by atoms with Gasteiger partial charge in [0.25, 0.3) is 11.8 Å². The van der Waals surface area contributed by atoms with Gasteiger partial charge in [-0.05, 0) is 73.6 Å². The number of carbonyl (C=O) groups excluding carboxylic acids is 2. The van der Waals surface area contributed by atoms with E-state index in [1.807, 2.05) is 13.0 Å². The molecule has 140 valence electrons. The molecule has 0 saturated carbocycles. The van der Waals surface area contributed by atoms with Crippen molar-refractivity contribution in [2.45, 2.75) is 32.6 Å². The number of benzene rings is 2. The van der Waals surface area contributed by atoms with Crippen LogP contribution in [0.15, 0.2) is 47.6 Å². The van der Waals surface area contributed by atoms with Gasteiger partial charge in [-0.1, -0.05) is 18.2 Å². The smallest absolute Gasteiger partial charge is 0.259 e. The predicted octanol–water partition coefficient (Wildman–Crippen LogP) is 2.97. The van der Waals surface area contributed by atoms with Gasteiger partial charge < -0.3 is 5.32 Å². The molecule has 0 heterocycles. The maximum absolute atomic E-state index is 13.1. The fourth-order valence-corrected chi connectivity index (χ4v) is 3.10. The van der Waals surface area contributed by atoms with Gasteiger partial charge in [0.1, 0.15) is 5.82 Å². The van der Waals surface area contributed by atoms with E-state index in [4.69, 9.17) is 0 Å². The second-order valence-corrected chi connectivity index (χ2v) is 6.62. The number of amides is 2. The second kappa shape index (κ2) is 8.58. The van der Waals surface area contributed by atoms with Gasteiger partial charge in [-0.2, -0.15) is 5.10 Å². The number of carbonyl (C=O) groups is 2. The van der Waals surface area contributed by atoms with Crippen LogP contribution >= 0.6 is 0 Å². The molecule has 2 aromatic rings. The summed E-state index contributed by atoms with van der Waals surface area (Å²) in [5.41, 5.74) is 7.02. The van der Waals surface area contributed by atoms with Crippen LogP contribution in [-0.2, 0) is 17.6 Å². The molecule has 2 N–H and O–H groups in total. The lowest BCUT2D eigenvalue weighted by atomic mass is 9.90. The normalized spacial score (nSPS) is 13.6. The molecule has 3 rings (SSSR count). The van der Waals surface area contributed by atoms with E-state index in [0.717, 1.165) is 24.5 Å². The molecule has 0 bridgehead atoms. The van der Waals surface area contributed by atoms with E-state index >= 15 is 0 Å². The third-order valence-corrected chi connectivity index (χ3v) is 4.61. The SMILES string of the molecule is CC(=NNC(=O)CNC(=O)c1cccc(F)c1)c1ccc2c(c1)CCCC2. The van der Waals surface area contributed by atoms with Gasteiger partial charge in [0.05, 0.1) is 12.3 Å². The summed E-state index contributed by atoms with van der Waals surface area (Å²) in [4.78, 5) is 23.8. The highest BCUT2D eigenvalue weighted by Crippen LogP contribution is 2.22. The number of aryl methyl sites for hydroxylation is 2. The number of hydrazone groups is 1. The van der Waals surface area contributed by atoms with Gasteiger partial charge in [-0.3, -0.25) is 9.59 Å². The Morgan fingerprint density at radius 2 is 1.81 bits per heavy atom. The lowest BCUT2D eigenvalue weighted by Gasteiger charge is -2.16. The Balaban J connectivity index is 1.54. The van der Waals surface area contributed by atoms with Crippen molar-refractivity contribution < 1.29 is 14.0 Å². The van der Waals surface area contributed by atoms with E-state index in [1.54, 1.807) is 0 Å². The number of halogens is 1. The Morgan fingerprint density at radius 1 is 1.04 bits per heavy atom. The topological polar surface area (TPSA) is 70.6 Å². The van der Waals surface area contributed by atoms with Gasteiger partial charge in [0.2, 0.25) is 0 Å². The molecule has 0 atom stereocenters. The van der Waals surface area contributed by atoms with Crippen molar-refractivity contribution in [3.63, 3.8) is 0 Å². The monoisotopic (exact) mass is 367 g/mol. The number of hydrogen-bond donors (Lipinski definition) is 2. The summed E-state index contributed by atoms with van der Waals surface area (Å²) in [5.74, 6) is -1.46. The Labute approximate surface area is 157 Å². The molecule has 1 aliphatic rings. The van der Waals surface area contributed by atoms with Crippen molar-refractivity contribution in [2.24, 2.45) is 5.10 Å². The van der Waals surface area contributed by atoms with Crippen molar-refractivity contribution in [3.8, 4) is 0 Å². The van der Waals surface area contributed by atoms with Crippen LogP contribution in [0, 0.1) is 5.82 Å². The Morgan fingerprint density at radius 3 is 2.59 bits per heavy atom. The molecule has 0 unspecified atom stereocenters. The molecule has 0 fully saturated rings. The molecular weight excluding hydrogens is 345 g/mol. The first-order valence-corrected chi connectivity index (χ1v) is 9.02. The molecule has 1 aliphatic carbocycles. The van der Waals surface area contributed by atoms with E-state index in [2.05, 4.69) is 28.0 Å². The maximum atomic E-state index is 13.1.